The van der Waals surface area contributed by atoms with E-state index < -0.39 is 5.95 Å². The van der Waals surface area contributed by atoms with Gasteiger partial charge in [-0.05, 0) is 44.0 Å². The highest BCUT2D eigenvalue weighted by atomic mass is 79.9. The normalized spacial score (nSPS) is 9.00. The van der Waals surface area contributed by atoms with Crippen molar-refractivity contribution < 1.29 is 9.18 Å². The molecule has 144 valence electrons. The van der Waals surface area contributed by atoms with E-state index in [1.54, 1.807) is 12.4 Å². The number of nitrogen functional groups attached to an aromatic ring is 1. The Morgan fingerprint density at radius 2 is 1.63 bits per heavy atom. The van der Waals surface area contributed by atoms with Crippen molar-refractivity contribution in [1.29, 1.82) is 5.41 Å². The highest BCUT2D eigenvalue weighted by Crippen LogP contribution is 2.14. The number of hydrogen-bond donors (Lipinski definition) is 4. The molecule has 9 nitrogen and oxygen atoms in total. The fourth-order valence-electron chi connectivity index (χ4n) is 1.43. The Morgan fingerprint density at radius 3 is 2.19 bits per heavy atom. The number of anilines is 1. The van der Waals surface area contributed by atoms with Crippen LogP contribution in [0.2, 0.25) is 0 Å². The molecule has 0 aliphatic rings. The minimum atomic E-state index is -0.738. The molecule has 3 heterocycles. The fraction of sp³-hybridized carbons (Fsp3) is 0. The Bertz CT molecular complexity index is 886. The van der Waals surface area contributed by atoms with Crippen molar-refractivity contribution in [3.8, 4) is 0 Å². The minimum absolute atomic E-state index is 0. The van der Waals surface area contributed by atoms with E-state index in [-0.39, 0.29) is 29.9 Å². The predicted octanol–water partition coefficient (Wildman–Crippen LogP) is 2.43. The van der Waals surface area contributed by atoms with Gasteiger partial charge in [0.2, 0.25) is 11.9 Å². The number of carbonyl (C=O) groups excluding carboxylic acids is 1. The number of nitrogens with one attached hydrogen (secondary N) is 1. The number of guanidine groups is 1. The molecule has 0 saturated heterocycles. The first kappa shape index (κ1) is 24.6. The lowest BCUT2D eigenvalue weighted by atomic mass is 10.3. The number of hydrogen-bond acceptors (Lipinski definition) is 7. The Labute approximate surface area is 176 Å². The van der Waals surface area contributed by atoms with Gasteiger partial charge in [-0.2, -0.15) is 9.37 Å². The van der Waals surface area contributed by atoms with Gasteiger partial charge in [0, 0.05) is 32.9 Å². The first-order chi connectivity index (χ1) is 12.2. The standard InChI is InChI=1S/C7H5BrN4.C6H3BrFNO.CH5N3.ClH/c8-5-1-4-2-11-7(9)12-6(4)10-3-5;7-5-1-4(3-10)6(8)9-2-5;2-1(3)4;/h1-3H,(H2,9,10,11,12);1-3H;(H5,2,3,4);1H. The molecule has 0 aliphatic carbocycles. The zero-order valence-electron chi connectivity index (χ0n) is 13.4. The van der Waals surface area contributed by atoms with E-state index >= 15 is 0 Å². The van der Waals surface area contributed by atoms with Crippen LogP contribution < -0.4 is 17.2 Å². The molecule has 27 heavy (non-hydrogen) atoms. The van der Waals surface area contributed by atoms with E-state index in [4.69, 9.17) is 11.1 Å². The van der Waals surface area contributed by atoms with Crippen LogP contribution in [0.4, 0.5) is 10.3 Å². The molecule has 0 bridgehead atoms. The third-order valence-corrected chi connectivity index (χ3v) is 3.25. The number of pyridine rings is 2. The summed E-state index contributed by atoms with van der Waals surface area (Å²) in [7, 11) is 0. The molecule has 0 aliphatic heterocycles. The van der Waals surface area contributed by atoms with E-state index in [2.05, 4.69) is 63.3 Å². The zero-order valence-corrected chi connectivity index (χ0v) is 17.4. The van der Waals surface area contributed by atoms with Crippen LogP contribution in [-0.4, -0.2) is 32.2 Å². The molecule has 3 aromatic heterocycles. The Kier molecular flexibility index (Phi) is 11.0. The molecular weight excluding hydrogens is 510 g/mol. The van der Waals surface area contributed by atoms with Crippen LogP contribution in [0.5, 0.6) is 0 Å². The largest absolute Gasteiger partial charge is 0.370 e. The van der Waals surface area contributed by atoms with Gasteiger partial charge in [-0.15, -0.1) is 12.4 Å². The van der Waals surface area contributed by atoms with E-state index in [1.807, 2.05) is 6.07 Å². The summed E-state index contributed by atoms with van der Waals surface area (Å²) in [5, 5.41) is 6.93. The number of nitrogens with zero attached hydrogens (tertiary/aromatic N) is 4. The van der Waals surface area contributed by atoms with E-state index in [0.29, 0.717) is 16.4 Å². The average molecular weight is 525 g/mol. The van der Waals surface area contributed by atoms with E-state index in [0.717, 1.165) is 9.86 Å². The number of carbonyl (C=O) groups is 1. The van der Waals surface area contributed by atoms with Crippen LogP contribution in [0.1, 0.15) is 10.4 Å². The molecule has 0 aromatic carbocycles. The third-order valence-electron chi connectivity index (χ3n) is 2.38. The maximum atomic E-state index is 12.4. The SMILES string of the molecule is Cl.N=C(N)N.Nc1ncc2cc(Br)cnc2n1.O=Cc1cc(Br)cnc1F. The smallest absolute Gasteiger partial charge is 0.223 e. The molecule has 13 heteroatoms. The zero-order chi connectivity index (χ0) is 19.7. The van der Waals surface area contributed by atoms with Gasteiger partial charge in [0.25, 0.3) is 0 Å². The molecular formula is C14H14Br2ClFN8O. The summed E-state index contributed by atoms with van der Waals surface area (Å²) in [4.78, 5) is 25.3. The first-order valence-corrected chi connectivity index (χ1v) is 8.21. The molecule has 0 fully saturated rings. The van der Waals surface area contributed by atoms with E-state index in [1.165, 1.54) is 12.3 Å². The van der Waals surface area contributed by atoms with Gasteiger partial charge < -0.3 is 17.2 Å². The summed E-state index contributed by atoms with van der Waals surface area (Å²) in [5.74, 6) is -0.824. The topological polar surface area (TPSA) is 171 Å². The van der Waals surface area contributed by atoms with Crippen molar-refractivity contribution in [3.05, 3.63) is 51.2 Å². The predicted molar refractivity (Wildman–Crippen MR) is 110 cm³/mol. The number of aldehydes is 1. The van der Waals surface area contributed by atoms with Gasteiger partial charge in [-0.3, -0.25) is 10.2 Å². The van der Waals surface area contributed by atoms with Crippen molar-refractivity contribution >= 4 is 73.5 Å². The van der Waals surface area contributed by atoms with Crippen molar-refractivity contribution in [2.45, 2.75) is 0 Å². The third kappa shape index (κ3) is 9.17. The lowest BCUT2D eigenvalue weighted by Gasteiger charge is -1.96. The van der Waals surface area contributed by atoms with Gasteiger partial charge in [0.15, 0.2) is 17.9 Å². The first-order valence-electron chi connectivity index (χ1n) is 6.62. The summed E-state index contributed by atoms with van der Waals surface area (Å²) in [6.07, 6.45) is 5.04. The lowest BCUT2D eigenvalue weighted by Crippen LogP contribution is -2.20. The lowest BCUT2D eigenvalue weighted by molar-refractivity contribution is 0.111. The summed E-state index contributed by atoms with van der Waals surface area (Å²) < 4.78 is 13.9. The molecule has 0 atom stereocenters. The monoisotopic (exact) mass is 522 g/mol. The Morgan fingerprint density at radius 1 is 1.07 bits per heavy atom. The van der Waals surface area contributed by atoms with Gasteiger partial charge in [0.05, 0.1) is 5.56 Å². The van der Waals surface area contributed by atoms with Crippen LogP contribution >= 0.6 is 44.3 Å². The fourth-order valence-corrected chi connectivity index (χ4v) is 2.13. The number of rotatable bonds is 1. The maximum absolute atomic E-state index is 12.4. The van der Waals surface area contributed by atoms with Gasteiger partial charge in [-0.1, -0.05) is 0 Å². The van der Waals surface area contributed by atoms with Crippen LogP contribution in [-0.2, 0) is 0 Å². The van der Waals surface area contributed by atoms with Gasteiger partial charge in [-0.25, -0.2) is 15.0 Å². The van der Waals surface area contributed by atoms with E-state index in [9.17, 15) is 9.18 Å². The number of halogens is 4. The van der Waals surface area contributed by atoms with Crippen molar-refractivity contribution in [2.75, 3.05) is 5.73 Å². The van der Waals surface area contributed by atoms with Crippen molar-refractivity contribution in [3.63, 3.8) is 0 Å². The molecule has 3 aromatic rings. The maximum Gasteiger partial charge on any atom is 0.223 e. The Balaban J connectivity index is 0.000000412. The number of aromatic nitrogens is 4. The number of fused-ring (bicyclic) bond motifs is 1. The highest BCUT2D eigenvalue weighted by Gasteiger charge is 2.01. The molecule has 0 spiro atoms. The van der Waals surface area contributed by atoms with Crippen LogP contribution in [0.3, 0.4) is 0 Å². The molecule has 0 radical (unpaired) electrons. The van der Waals surface area contributed by atoms with Crippen LogP contribution in [0.15, 0.2) is 39.7 Å². The van der Waals surface area contributed by atoms with Gasteiger partial charge in [0.1, 0.15) is 0 Å². The summed E-state index contributed by atoms with van der Waals surface area (Å²) in [6.45, 7) is 0. The molecule has 0 saturated carbocycles. The van der Waals surface area contributed by atoms with Crippen LogP contribution in [0, 0.1) is 11.4 Å². The molecule has 3 rings (SSSR count). The second-order valence-corrected chi connectivity index (χ2v) is 6.23. The summed E-state index contributed by atoms with van der Waals surface area (Å²) in [6, 6.07) is 3.26. The summed E-state index contributed by atoms with van der Waals surface area (Å²) >= 11 is 6.35. The van der Waals surface area contributed by atoms with Gasteiger partial charge >= 0.3 is 0 Å². The number of nitrogens with two attached hydrogens (primary N) is 3. The van der Waals surface area contributed by atoms with Crippen molar-refractivity contribution in [1.82, 2.24) is 19.9 Å². The quantitative estimate of drug-likeness (QED) is 0.163. The molecule has 7 N–H and O–H groups in total. The van der Waals surface area contributed by atoms with Crippen molar-refractivity contribution in [2.24, 2.45) is 11.5 Å². The highest BCUT2D eigenvalue weighted by molar-refractivity contribution is 9.10. The second kappa shape index (κ2) is 12.0. The molecule has 0 unspecified atom stereocenters. The van der Waals surface area contributed by atoms with Crippen LogP contribution in [0.25, 0.3) is 11.0 Å². The molecule has 0 amide bonds. The second-order valence-electron chi connectivity index (χ2n) is 4.40. The average Bonchev–Trinajstić information content (AvgIpc) is 2.57. The minimum Gasteiger partial charge on any atom is -0.370 e. The Hall–Kier alpha value is -2.44. The summed E-state index contributed by atoms with van der Waals surface area (Å²) in [5.41, 5.74) is 14.9.